The number of carbonyl (C=O) groups excluding carboxylic acids is 1. The molecule has 1 fully saturated rings. The van der Waals surface area contributed by atoms with Crippen LogP contribution in [0.3, 0.4) is 0 Å². The van der Waals surface area contributed by atoms with Gasteiger partial charge in [0.15, 0.2) is 0 Å². The van der Waals surface area contributed by atoms with Crippen molar-refractivity contribution in [1.29, 1.82) is 0 Å². The van der Waals surface area contributed by atoms with Gasteiger partial charge in [-0.3, -0.25) is 4.79 Å². The van der Waals surface area contributed by atoms with Gasteiger partial charge in [-0.15, -0.1) is 0 Å². The van der Waals surface area contributed by atoms with Crippen LogP contribution in [0.2, 0.25) is 0 Å². The number of hydrogen-bond acceptors (Lipinski definition) is 6. The van der Waals surface area contributed by atoms with Crippen LogP contribution in [0.5, 0.6) is 17.2 Å². The Morgan fingerprint density at radius 2 is 1.52 bits per heavy atom. The summed E-state index contributed by atoms with van der Waals surface area (Å²) in [7, 11) is 1.64. The van der Waals surface area contributed by atoms with Gasteiger partial charge in [0.05, 0.1) is 25.2 Å². The zero-order valence-corrected chi connectivity index (χ0v) is 16.4. The van der Waals surface area contributed by atoms with Gasteiger partial charge in [0.25, 0.3) is 5.91 Å². The number of hydrogen-bond donors (Lipinski definition) is 1. The van der Waals surface area contributed by atoms with Crippen LogP contribution in [0.1, 0.15) is 12.0 Å². The maximum absolute atomic E-state index is 11.7. The molecule has 7 heteroatoms. The first-order valence-electron chi connectivity index (χ1n) is 8.38. The number of benzene rings is 2. The van der Waals surface area contributed by atoms with E-state index in [4.69, 9.17) is 26.4 Å². The Balaban J connectivity index is 1.40. The second kappa shape index (κ2) is 9.43. The van der Waals surface area contributed by atoms with Gasteiger partial charge in [0, 0.05) is 6.42 Å². The Hall–Kier alpha value is -2.51. The molecule has 0 aromatic heterocycles. The minimum Gasteiger partial charge on any atom is -0.497 e. The Morgan fingerprint density at radius 3 is 2.04 bits per heavy atom. The number of rotatable bonds is 8. The summed E-state index contributed by atoms with van der Waals surface area (Å²) < 4.78 is 17.0. The van der Waals surface area contributed by atoms with Gasteiger partial charge >= 0.3 is 0 Å². The third-order valence-electron chi connectivity index (χ3n) is 3.71. The van der Waals surface area contributed by atoms with Crippen molar-refractivity contribution in [2.45, 2.75) is 6.42 Å². The van der Waals surface area contributed by atoms with Crippen molar-refractivity contribution in [3.05, 3.63) is 59.0 Å². The minimum atomic E-state index is -0.151. The predicted molar refractivity (Wildman–Crippen MR) is 111 cm³/mol. The van der Waals surface area contributed by atoms with Gasteiger partial charge in [-0.25, -0.2) is 0 Å². The summed E-state index contributed by atoms with van der Waals surface area (Å²) >= 11 is 6.25. The van der Waals surface area contributed by atoms with Crippen molar-refractivity contribution in [3.63, 3.8) is 0 Å². The van der Waals surface area contributed by atoms with Crippen molar-refractivity contribution < 1.29 is 19.0 Å². The topological polar surface area (TPSA) is 56.8 Å². The predicted octanol–water partition coefficient (Wildman–Crippen LogP) is 4.03. The molecule has 140 valence electrons. The lowest BCUT2D eigenvalue weighted by Gasteiger charge is -2.09. The van der Waals surface area contributed by atoms with Crippen LogP contribution in [-0.2, 0) is 4.79 Å². The van der Waals surface area contributed by atoms with E-state index in [0.717, 1.165) is 29.2 Å². The smallest absolute Gasteiger partial charge is 0.263 e. The molecule has 1 amide bonds. The first-order chi connectivity index (χ1) is 13.1. The van der Waals surface area contributed by atoms with E-state index in [-0.39, 0.29) is 5.91 Å². The molecular formula is C20H19NO4S2. The maximum Gasteiger partial charge on any atom is 0.263 e. The van der Waals surface area contributed by atoms with Crippen molar-refractivity contribution in [1.82, 2.24) is 5.32 Å². The first kappa shape index (κ1) is 19.3. The SMILES string of the molecule is COc1ccc(OCCCOc2ccc(C=C3SC(=S)NC3=O)cc2)cc1. The highest BCUT2D eigenvalue weighted by Gasteiger charge is 2.21. The molecule has 0 aliphatic carbocycles. The lowest BCUT2D eigenvalue weighted by atomic mass is 10.2. The van der Waals surface area contributed by atoms with Crippen LogP contribution in [0, 0.1) is 0 Å². The van der Waals surface area contributed by atoms with Gasteiger partial charge in [0.1, 0.15) is 21.6 Å². The van der Waals surface area contributed by atoms with Crippen LogP contribution >= 0.6 is 24.0 Å². The van der Waals surface area contributed by atoms with E-state index < -0.39 is 0 Å². The molecular weight excluding hydrogens is 382 g/mol. The lowest BCUT2D eigenvalue weighted by Crippen LogP contribution is -2.17. The highest BCUT2D eigenvalue weighted by molar-refractivity contribution is 8.26. The van der Waals surface area contributed by atoms with Crippen LogP contribution < -0.4 is 19.5 Å². The molecule has 1 aliphatic rings. The number of methoxy groups -OCH3 is 1. The van der Waals surface area contributed by atoms with E-state index in [1.807, 2.05) is 54.6 Å². The Bertz CT molecular complexity index is 832. The molecule has 27 heavy (non-hydrogen) atoms. The average molecular weight is 402 g/mol. The Kier molecular flexibility index (Phi) is 6.73. The number of thioether (sulfide) groups is 1. The van der Waals surface area contributed by atoms with Crippen molar-refractivity contribution in [2.24, 2.45) is 0 Å². The second-order valence-corrected chi connectivity index (χ2v) is 7.37. The fourth-order valence-electron chi connectivity index (χ4n) is 2.34. The van der Waals surface area contributed by atoms with Crippen LogP contribution in [0.4, 0.5) is 0 Å². The molecule has 0 saturated carbocycles. The summed E-state index contributed by atoms with van der Waals surface area (Å²) in [5.41, 5.74) is 0.924. The fourth-order valence-corrected chi connectivity index (χ4v) is 3.39. The van der Waals surface area contributed by atoms with Gasteiger partial charge in [-0.1, -0.05) is 36.1 Å². The lowest BCUT2D eigenvalue weighted by molar-refractivity contribution is -0.115. The zero-order chi connectivity index (χ0) is 19.1. The normalized spacial score (nSPS) is 14.9. The fraction of sp³-hybridized carbons (Fsp3) is 0.200. The molecule has 1 N–H and O–H groups in total. The second-order valence-electron chi connectivity index (χ2n) is 5.65. The van der Waals surface area contributed by atoms with Crippen molar-refractivity contribution in [2.75, 3.05) is 20.3 Å². The van der Waals surface area contributed by atoms with Gasteiger partial charge < -0.3 is 19.5 Å². The molecule has 1 saturated heterocycles. The van der Waals surface area contributed by atoms with Crippen molar-refractivity contribution >= 4 is 40.3 Å². The molecule has 2 aromatic rings. The summed E-state index contributed by atoms with van der Waals surface area (Å²) in [4.78, 5) is 12.3. The van der Waals surface area contributed by atoms with Gasteiger partial charge in [-0.05, 0) is 48.0 Å². The van der Waals surface area contributed by atoms with Crippen molar-refractivity contribution in [3.8, 4) is 17.2 Å². The molecule has 5 nitrogen and oxygen atoms in total. The van der Waals surface area contributed by atoms with Crippen LogP contribution in [0.25, 0.3) is 6.08 Å². The Morgan fingerprint density at radius 1 is 0.963 bits per heavy atom. The largest absolute Gasteiger partial charge is 0.497 e. The van der Waals surface area contributed by atoms with E-state index >= 15 is 0 Å². The molecule has 0 atom stereocenters. The molecule has 0 radical (unpaired) electrons. The molecule has 2 aromatic carbocycles. The third-order valence-corrected chi connectivity index (χ3v) is 4.87. The quantitative estimate of drug-likeness (QED) is 0.409. The maximum atomic E-state index is 11.7. The third kappa shape index (κ3) is 5.74. The van der Waals surface area contributed by atoms with Gasteiger partial charge in [0.2, 0.25) is 0 Å². The monoisotopic (exact) mass is 401 g/mol. The summed E-state index contributed by atoms with van der Waals surface area (Å²) in [6.07, 6.45) is 2.58. The van der Waals surface area contributed by atoms with Gasteiger partial charge in [-0.2, -0.15) is 0 Å². The molecule has 0 spiro atoms. The van der Waals surface area contributed by atoms with E-state index in [9.17, 15) is 4.79 Å². The number of thiocarbonyl (C=S) groups is 1. The Labute approximate surface area is 167 Å². The molecule has 1 aliphatic heterocycles. The standard InChI is InChI=1S/C20H19NO4S2/c1-23-15-7-9-17(10-8-15)25-12-2-11-24-16-5-3-14(4-6-16)13-18-19(22)21-20(26)27-18/h3-10,13H,2,11-12H2,1H3,(H,21,22,26). The number of amides is 1. The zero-order valence-electron chi connectivity index (χ0n) is 14.8. The summed E-state index contributed by atoms with van der Waals surface area (Å²) in [6.45, 7) is 1.13. The molecule has 0 unspecified atom stereocenters. The van der Waals surface area contributed by atoms with Crippen LogP contribution in [-0.4, -0.2) is 30.6 Å². The minimum absolute atomic E-state index is 0.151. The number of nitrogens with one attached hydrogen (secondary N) is 1. The summed E-state index contributed by atoms with van der Waals surface area (Å²) in [5.74, 6) is 2.24. The molecule has 1 heterocycles. The van der Waals surface area contributed by atoms with E-state index in [0.29, 0.717) is 22.4 Å². The summed E-state index contributed by atoms with van der Waals surface area (Å²) in [6, 6.07) is 15.1. The average Bonchev–Trinajstić information content (AvgIpc) is 3.00. The molecule has 0 bridgehead atoms. The van der Waals surface area contributed by atoms with E-state index in [1.165, 1.54) is 11.8 Å². The van der Waals surface area contributed by atoms with Crippen LogP contribution in [0.15, 0.2) is 53.4 Å². The highest BCUT2D eigenvalue weighted by Crippen LogP contribution is 2.26. The number of carbonyl (C=O) groups is 1. The van der Waals surface area contributed by atoms with E-state index in [2.05, 4.69) is 5.32 Å². The molecule has 3 rings (SSSR count). The highest BCUT2D eigenvalue weighted by atomic mass is 32.2. The summed E-state index contributed by atoms with van der Waals surface area (Å²) in [5, 5.41) is 2.60. The number of ether oxygens (including phenoxy) is 3. The first-order valence-corrected chi connectivity index (χ1v) is 9.61. The van der Waals surface area contributed by atoms with E-state index in [1.54, 1.807) is 7.11 Å².